The van der Waals surface area contributed by atoms with Crippen LogP contribution in [0.3, 0.4) is 0 Å². The fraction of sp³-hybridized carbons (Fsp3) is 0.222. The second-order valence-corrected chi connectivity index (χ2v) is 6.57. The van der Waals surface area contributed by atoms with Crippen LogP contribution < -0.4 is 4.74 Å². The summed E-state index contributed by atoms with van der Waals surface area (Å²) >= 11 is 1.64. The first-order valence-corrected chi connectivity index (χ1v) is 7.99. The number of carbonyl (C=O) groups excluding carboxylic acids is 2. The van der Waals surface area contributed by atoms with Gasteiger partial charge >= 0.3 is 0 Å². The van der Waals surface area contributed by atoms with Crippen LogP contribution in [0.15, 0.2) is 42.5 Å². The molecule has 0 saturated carbocycles. The van der Waals surface area contributed by atoms with E-state index in [1.807, 2.05) is 25.1 Å². The van der Waals surface area contributed by atoms with Crippen molar-refractivity contribution in [2.24, 2.45) is 0 Å². The number of ether oxygens (including phenoxy) is 1. The van der Waals surface area contributed by atoms with E-state index in [2.05, 4.69) is 0 Å². The van der Waals surface area contributed by atoms with E-state index < -0.39 is 0 Å². The van der Waals surface area contributed by atoms with Gasteiger partial charge in [0.05, 0.1) is 0 Å². The predicted octanol–water partition coefficient (Wildman–Crippen LogP) is 3.42. The molecule has 0 spiro atoms. The highest BCUT2D eigenvalue weighted by atomic mass is 32.1. The summed E-state index contributed by atoms with van der Waals surface area (Å²) < 4.78 is 5.42. The molecule has 0 aliphatic carbocycles. The van der Waals surface area contributed by atoms with E-state index in [1.165, 1.54) is 9.78 Å². The Balaban J connectivity index is 2.02. The normalized spacial score (nSPS) is 10.7. The van der Waals surface area contributed by atoms with E-state index in [0.29, 0.717) is 11.3 Å². The maximum absolute atomic E-state index is 12.2. The zero-order valence-electron chi connectivity index (χ0n) is 13.4. The molecule has 1 heterocycles. The summed E-state index contributed by atoms with van der Waals surface area (Å²) in [6.45, 7) is 1.98. The average Bonchev–Trinajstić information content (AvgIpc) is 2.96. The topological polar surface area (TPSA) is 46.6 Å². The first-order chi connectivity index (χ1) is 11.0. The van der Waals surface area contributed by atoms with Crippen LogP contribution in [0.5, 0.6) is 5.75 Å². The van der Waals surface area contributed by atoms with Gasteiger partial charge in [-0.3, -0.25) is 9.59 Å². The Kier molecular flexibility index (Phi) is 5.71. The van der Waals surface area contributed by atoms with Gasteiger partial charge in [-0.25, -0.2) is 0 Å². The van der Waals surface area contributed by atoms with Crippen molar-refractivity contribution in [3.8, 4) is 5.75 Å². The molecule has 0 saturated heterocycles. The molecule has 0 unspecified atom stereocenters. The van der Waals surface area contributed by atoms with Gasteiger partial charge in [-0.2, -0.15) is 0 Å². The first kappa shape index (κ1) is 17.0. The fourth-order valence-electron chi connectivity index (χ4n) is 1.81. The summed E-state index contributed by atoms with van der Waals surface area (Å²) in [7, 11) is 3.34. The molecule has 0 fully saturated rings. The number of hydrogen-bond donors (Lipinski definition) is 0. The Labute approximate surface area is 140 Å². The third-order valence-electron chi connectivity index (χ3n) is 3.14. The first-order valence-electron chi connectivity index (χ1n) is 7.17. The Hall–Kier alpha value is -2.40. The van der Waals surface area contributed by atoms with E-state index in [-0.39, 0.29) is 18.3 Å². The van der Waals surface area contributed by atoms with Crippen molar-refractivity contribution in [2.75, 3.05) is 20.7 Å². The Morgan fingerprint density at radius 2 is 2.00 bits per heavy atom. The SMILES string of the molecule is Cc1ccc(/C=C/C(=O)c2cccc(OCC(=O)N(C)C)c2)s1. The molecule has 2 rings (SSSR count). The van der Waals surface area contributed by atoms with Crippen molar-refractivity contribution in [3.05, 3.63) is 57.8 Å². The highest BCUT2D eigenvalue weighted by molar-refractivity contribution is 7.12. The summed E-state index contributed by atoms with van der Waals surface area (Å²) in [4.78, 5) is 27.4. The second kappa shape index (κ2) is 7.74. The quantitative estimate of drug-likeness (QED) is 0.602. The molecule has 120 valence electrons. The fourth-order valence-corrected chi connectivity index (χ4v) is 2.59. The van der Waals surface area contributed by atoms with Gasteiger partial charge in [-0.15, -0.1) is 11.3 Å². The minimum Gasteiger partial charge on any atom is -0.484 e. The molecule has 0 bridgehead atoms. The van der Waals surface area contributed by atoms with E-state index in [4.69, 9.17) is 4.74 Å². The third kappa shape index (κ3) is 5.07. The minimum atomic E-state index is -0.130. The zero-order valence-corrected chi connectivity index (χ0v) is 14.2. The number of nitrogens with zero attached hydrogens (tertiary/aromatic N) is 1. The molecule has 4 nitrogen and oxygen atoms in total. The highest BCUT2D eigenvalue weighted by Crippen LogP contribution is 2.18. The van der Waals surface area contributed by atoms with Crippen LogP contribution in [0.1, 0.15) is 20.1 Å². The number of thiophene rings is 1. The molecule has 0 atom stereocenters. The lowest BCUT2D eigenvalue weighted by molar-refractivity contribution is -0.130. The summed E-state index contributed by atoms with van der Waals surface area (Å²) in [5.74, 6) is 0.279. The maximum Gasteiger partial charge on any atom is 0.259 e. The molecule has 1 aromatic heterocycles. The van der Waals surface area contributed by atoms with Crippen molar-refractivity contribution >= 4 is 29.1 Å². The monoisotopic (exact) mass is 329 g/mol. The Bertz CT molecular complexity index is 731. The van der Waals surface area contributed by atoms with Gasteiger partial charge in [0.2, 0.25) is 0 Å². The molecule has 5 heteroatoms. The van der Waals surface area contributed by atoms with Crippen molar-refractivity contribution in [1.29, 1.82) is 0 Å². The smallest absolute Gasteiger partial charge is 0.259 e. The van der Waals surface area contributed by atoms with Crippen molar-refractivity contribution < 1.29 is 14.3 Å². The lowest BCUT2D eigenvalue weighted by atomic mass is 10.1. The number of carbonyl (C=O) groups is 2. The Morgan fingerprint density at radius 1 is 1.22 bits per heavy atom. The van der Waals surface area contributed by atoms with Gasteiger partial charge < -0.3 is 9.64 Å². The van der Waals surface area contributed by atoms with Crippen molar-refractivity contribution in [1.82, 2.24) is 4.90 Å². The van der Waals surface area contributed by atoms with Crippen LogP contribution in [0.4, 0.5) is 0 Å². The van der Waals surface area contributed by atoms with E-state index >= 15 is 0 Å². The van der Waals surface area contributed by atoms with E-state index in [1.54, 1.807) is 55.8 Å². The summed E-state index contributed by atoms with van der Waals surface area (Å²) in [6.07, 6.45) is 3.36. The largest absolute Gasteiger partial charge is 0.484 e. The average molecular weight is 329 g/mol. The maximum atomic E-state index is 12.2. The standard InChI is InChI=1S/C18H19NO3S/c1-13-7-8-16(23-13)9-10-17(20)14-5-4-6-15(11-14)22-12-18(21)19(2)3/h4-11H,12H2,1-3H3/b10-9+. The van der Waals surface area contributed by atoms with Crippen LogP contribution in [-0.4, -0.2) is 37.3 Å². The summed E-state index contributed by atoms with van der Waals surface area (Å²) in [6, 6.07) is 10.8. The summed E-state index contributed by atoms with van der Waals surface area (Å²) in [5.41, 5.74) is 0.532. The molecule has 2 aromatic rings. The van der Waals surface area contributed by atoms with E-state index in [9.17, 15) is 9.59 Å². The van der Waals surface area contributed by atoms with Crippen LogP contribution >= 0.6 is 11.3 Å². The molecule has 1 aromatic carbocycles. The second-order valence-electron chi connectivity index (χ2n) is 5.25. The number of ketones is 1. The van der Waals surface area contributed by atoms with Crippen molar-refractivity contribution in [2.45, 2.75) is 6.92 Å². The molecule has 0 aliphatic rings. The zero-order chi connectivity index (χ0) is 16.8. The number of likely N-dealkylation sites (N-methyl/N-ethyl adjacent to an activating group) is 1. The van der Waals surface area contributed by atoms with E-state index in [0.717, 1.165) is 4.88 Å². The van der Waals surface area contributed by atoms with Gasteiger partial charge in [-0.05, 0) is 43.3 Å². The van der Waals surface area contributed by atoms with Gasteiger partial charge in [0, 0.05) is 29.4 Å². The number of benzene rings is 1. The Morgan fingerprint density at radius 3 is 2.65 bits per heavy atom. The van der Waals surface area contributed by atoms with Crippen LogP contribution in [0, 0.1) is 6.92 Å². The number of allylic oxidation sites excluding steroid dienone is 1. The predicted molar refractivity (Wildman–Crippen MR) is 93.1 cm³/mol. The lowest BCUT2D eigenvalue weighted by Crippen LogP contribution is -2.27. The molecular formula is C18H19NO3S. The van der Waals surface area contributed by atoms with Gasteiger partial charge in [0.1, 0.15) is 5.75 Å². The molecule has 0 radical (unpaired) electrons. The molecule has 1 amide bonds. The van der Waals surface area contributed by atoms with Crippen LogP contribution in [-0.2, 0) is 4.79 Å². The minimum absolute atomic E-state index is 0.0467. The van der Waals surface area contributed by atoms with Gasteiger partial charge in [-0.1, -0.05) is 12.1 Å². The molecule has 23 heavy (non-hydrogen) atoms. The number of hydrogen-bond acceptors (Lipinski definition) is 4. The summed E-state index contributed by atoms with van der Waals surface area (Å²) in [5, 5.41) is 0. The van der Waals surface area contributed by atoms with Crippen LogP contribution in [0.25, 0.3) is 6.08 Å². The lowest BCUT2D eigenvalue weighted by Gasteiger charge is -2.11. The number of rotatable bonds is 6. The van der Waals surface area contributed by atoms with Crippen LogP contribution in [0.2, 0.25) is 0 Å². The third-order valence-corrected chi connectivity index (χ3v) is 4.11. The van der Waals surface area contributed by atoms with Gasteiger partial charge in [0.25, 0.3) is 5.91 Å². The highest BCUT2D eigenvalue weighted by Gasteiger charge is 2.07. The van der Waals surface area contributed by atoms with Crippen molar-refractivity contribution in [3.63, 3.8) is 0 Å². The number of amides is 1. The molecular weight excluding hydrogens is 310 g/mol. The van der Waals surface area contributed by atoms with Gasteiger partial charge in [0.15, 0.2) is 12.4 Å². The molecule has 0 N–H and O–H groups in total. The number of aryl methyl sites for hydroxylation is 1. The molecule has 0 aliphatic heterocycles.